The van der Waals surface area contributed by atoms with Crippen molar-refractivity contribution in [1.82, 2.24) is 4.31 Å². The number of benzene rings is 2. The average molecular weight is 643 g/mol. The van der Waals surface area contributed by atoms with Gasteiger partial charge in [0.05, 0.1) is 109 Å². The van der Waals surface area contributed by atoms with Crippen LogP contribution in [0.1, 0.15) is 18.4 Å². The molecule has 0 atom stereocenters. The maximum absolute atomic E-state index is 13.4. The lowest BCUT2D eigenvalue weighted by molar-refractivity contribution is -0.901. The number of hydrogen-bond donors (Lipinski definition) is 1. The predicted molar refractivity (Wildman–Crippen MR) is 184 cm³/mol. The SMILES string of the molecule is CN1C(=Cc2cc[n+](CCC[N+](C)(C)CCC[NH+](C)C)c3ccccc23)Sc2cc(S(=O)(=O)N(C)CC[N+](C)(C)C)ccc21. The van der Waals surface area contributed by atoms with E-state index < -0.39 is 10.0 Å². The van der Waals surface area contributed by atoms with Gasteiger partial charge in [-0.25, -0.2) is 8.42 Å². The van der Waals surface area contributed by atoms with Crippen molar-refractivity contribution in [3.05, 3.63) is 65.3 Å². The van der Waals surface area contributed by atoms with Gasteiger partial charge in [-0.1, -0.05) is 23.9 Å². The molecule has 0 saturated heterocycles. The van der Waals surface area contributed by atoms with Gasteiger partial charge in [0.15, 0.2) is 12.7 Å². The quantitative estimate of drug-likeness (QED) is 0.217. The first kappa shape index (κ1) is 34.4. The minimum Gasteiger partial charge on any atom is -0.340 e. The summed E-state index contributed by atoms with van der Waals surface area (Å²) >= 11 is 1.63. The summed E-state index contributed by atoms with van der Waals surface area (Å²) in [7, 11) is 15.5. The molecule has 8 nitrogen and oxygen atoms in total. The first-order valence-electron chi connectivity index (χ1n) is 15.6. The Morgan fingerprint density at radius 2 is 1.68 bits per heavy atom. The van der Waals surface area contributed by atoms with E-state index in [4.69, 9.17) is 0 Å². The molecule has 2 aromatic carbocycles. The number of likely N-dealkylation sites (N-methyl/N-ethyl adjacent to an activating group) is 2. The standard InChI is InChI=1S/C34H53N6O2S2/c1-35(2)19-12-23-40(8,9)24-13-20-38-21-18-28(30-14-10-11-15-31(30)38)26-34-37(4)32-17-16-29(27-33(32)43-34)44(41,42)36(3)22-25-39(5,6)7/h10-11,14-18,21,26-27H,12-13,19-20,22-25H2,1-9H3/q+3/p+1. The van der Waals surface area contributed by atoms with Crippen molar-refractivity contribution in [2.45, 2.75) is 29.2 Å². The highest BCUT2D eigenvalue weighted by Crippen LogP contribution is 2.47. The number of hydrogen-bond acceptors (Lipinski definition) is 4. The van der Waals surface area contributed by atoms with Gasteiger partial charge in [0, 0.05) is 37.5 Å². The maximum Gasteiger partial charge on any atom is 0.243 e. The molecule has 3 aromatic rings. The summed E-state index contributed by atoms with van der Waals surface area (Å²) in [5.41, 5.74) is 3.42. The Hall–Kier alpha value is -2.47. The molecule has 0 radical (unpaired) electrons. The van der Waals surface area contributed by atoms with Crippen LogP contribution in [0.2, 0.25) is 0 Å². The highest BCUT2D eigenvalue weighted by molar-refractivity contribution is 8.04. The molecule has 1 aliphatic rings. The summed E-state index contributed by atoms with van der Waals surface area (Å²) in [4.78, 5) is 4.97. The maximum atomic E-state index is 13.4. The molecule has 0 fully saturated rings. The average Bonchev–Trinajstić information content (AvgIpc) is 3.26. The zero-order valence-electron chi connectivity index (χ0n) is 28.3. The van der Waals surface area contributed by atoms with Crippen LogP contribution in [0.5, 0.6) is 0 Å². The van der Waals surface area contributed by atoms with Gasteiger partial charge < -0.3 is 18.8 Å². The Balaban J connectivity index is 1.50. The molecule has 0 amide bonds. The Morgan fingerprint density at radius 3 is 2.39 bits per heavy atom. The lowest BCUT2D eigenvalue weighted by Gasteiger charge is -2.29. The zero-order chi connectivity index (χ0) is 32.3. The van der Waals surface area contributed by atoms with E-state index in [1.165, 1.54) is 39.6 Å². The van der Waals surface area contributed by atoms with Crippen molar-refractivity contribution < 1.29 is 26.9 Å². The number of thioether (sulfide) groups is 1. The lowest BCUT2D eigenvalue weighted by Crippen LogP contribution is -3.05. The Kier molecular flexibility index (Phi) is 10.9. The number of fused-ring (bicyclic) bond motifs is 2. The van der Waals surface area contributed by atoms with Crippen molar-refractivity contribution in [1.29, 1.82) is 0 Å². The fourth-order valence-electron chi connectivity index (χ4n) is 5.58. The number of pyridine rings is 1. The van der Waals surface area contributed by atoms with Crippen LogP contribution in [0.4, 0.5) is 5.69 Å². The van der Waals surface area contributed by atoms with Crippen LogP contribution >= 0.6 is 11.8 Å². The summed E-state index contributed by atoms with van der Waals surface area (Å²) in [5, 5.41) is 2.30. The second kappa shape index (κ2) is 13.9. The van der Waals surface area contributed by atoms with E-state index in [2.05, 4.69) is 108 Å². The molecule has 4 rings (SSSR count). The number of rotatable bonds is 14. The minimum absolute atomic E-state index is 0.342. The molecule has 0 aliphatic carbocycles. The van der Waals surface area contributed by atoms with E-state index in [1.807, 2.05) is 12.1 Å². The molecule has 0 spiro atoms. The van der Waals surface area contributed by atoms with Gasteiger partial charge in [-0.2, -0.15) is 8.87 Å². The fraction of sp³-hybridized carbons (Fsp3) is 0.500. The monoisotopic (exact) mass is 642 g/mol. The Morgan fingerprint density at radius 1 is 0.977 bits per heavy atom. The van der Waals surface area contributed by atoms with Crippen molar-refractivity contribution in [2.75, 3.05) is 101 Å². The molecular weight excluding hydrogens is 589 g/mol. The predicted octanol–water partition coefficient (Wildman–Crippen LogP) is 3.00. The molecule has 2 heterocycles. The number of aryl methyl sites for hydroxylation is 1. The van der Waals surface area contributed by atoms with Gasteiger partial charge in [0.2, 0.25) is 15.5 Å². The molecule has 0 saturated carbocycles. The summed E-state index contributed by atoms with van der Waals surface area (Å²) in [5.74, 6) is 0. The number of aromatic nitrogens is 1. The molecule has 10 heteroatoms. The second-order valence-electron chi connectivity index (χ2n) is 14.1. The third-order valence-electron chi connectivity index (χ3n) is 8.47. The Bertz CT molecular complexity index is 1600. The van der Waals surface area contributed by atoms with E-state index in [0.717, 1.165) is 51.7 Å². The van der Waals surface area contributed by atoms with Crippen molar-refractivity contribution in [3.8, 4) is 0 Å². The summed E-state index contributed by atoms with van der Waals surface area (Å²) in [6.45, 7) is 5.77. The topological polar surface area (TPSA) is 48.9 Å². The van der Waals surface area contributed by atoms with Crippen molar-refractivity contribution >= 4 is 44.5 Å². The van der Waals surface area contributed by atoms with E-state index in [1.54, 1.807) is 24.9 Å². The summed E-state index contributed by atoms with van der Waals surface area (Å²) < 4.78 is 32.3. The normalized spacial score (nSPS) is 15.2. The van der Waals surface area contributed by atoms with Crippen LogP contribution in [0, 0.1) is 0 Å². The summed E-state index contributed by atoms with van der Waals surface area (Å²) in [6.07, 6.45) is 6.82. The van der Waals surface area contributed by atoms with E-state index in [9.17, 15) is 8.42 Å². The van der Waals surface area contributed by atoms with Gasteiger partial charge >= 0.3 is 0 Å². The molecule has 240 valence electrons. The number of para-hydroxylation sites is 1. The van der Waals surface area contributed by atoms with Crippen molar-refractivity contribution in [2.24, 2.45) is 0 Å². The zero-order valence-corrected chi connectivity index (χ0v) is 29.9. The van der Waals surface area contributed by atoms with Crippen LogP contribution in [0.25, 0.3) is 17.0 Å². The van der Waals surface area contributed by atoms with Gasteiger partial charge in [-0.05, 0) is 35.9 Å². The van der Waals surface area contributed by atoms with Crippen LogP contribution in [-0.4, -0.2) is 118 Å². The number of nitrogens with one attached hydrogen (secondary N) is 1. The molecule has 1 aliphatic heterocycles. The molecule has 0 bridgehead atoms. The van der Waals surface area contributed by atoms with Crippen LogP contribution in [-0.2, 0) is 16.6 Å². The van der Waals surface area contributed by atoms with Gasteiger partial charge in [0.1, 0.15) is 0 Å². The largest absolute Gasteiger partial charge is 0.340 e. The van der Waals surface area contributed by atoms with E-state index in [-0.39, 0.29) is 0 Å². The van der Waals surface area contributed by atoms with Crippen LogP contribution in [0.3, 0.4) is 0 Å². The molecular formula is C34H54N6O2S2+4. The Labute approximate surface area is 270 Å². The van der Waals surface area contributed by atoms with Gasteiger partial charge in [-0.15, -0.1) is 0 Å². The highest BCUT2D eigenvalue weighted by atomic mass is 32.2. The second-order valence-corrected chi connectivity index (χ2v) is 17.2. The third kappa shape index (κ3) is 8.62. The minimum atomic E-state index is -3.57. The number of nitrogens with zero attached hydrogens (tertiary/aromatic N) is 5. The number of anilines is 1. The first-order chi connectivity index (χ1) is 20.6. The van der Waals surface area contributed by atoms with Gasteiger partial charge in [0.25, 0.3) is 0 Å². The van der Waals surface area contributed by atoms with Crippen LogP contribution in [0.15, 0.2) is 69.5 Å². The van der Waals surface area contributed by atoms with Crippen LogP contribution < -0.4 is 14.4 Å². The molecule has 44 heavy (non-hydrogen) atoms. The van der Waals surface area contributed by atoms with Crippen molar-refractivity contribution in [3.63, 3.8) is 0 Å². The fourth-order valence-corrected chi connectivity index (χ4v) is 7.99. The van der Waals surface area contributed by atoms with E-state index >= 15 is 0 Å². The first-order valence-corrected chi connectivity index (χ1v) is 17.9. The highest BCUT2D eigenvalue weighted by Gasteiger charge is 2.28. The molecule has 0 unspecified atom stereocenters. The van der Waals surface area contributed by atoms with E-state index in [0.29, 0.717) is 15.9 Å². The molecule has 1 aromatic heterocycles. The lowest BCUT2D eigenvalue weighted by atomic mass is 10.1. The van der Waals surface area contributed by atoms with Gasteiger partial charge in [-0.3, -0.25) is 0 Å². The number of quaternary nitrogens is 3. The third-order valence-corrected chi connectivity index (χ3v) is 11.5. The molecule has 1 N–H and O–H groups in total. The summed E-state index contributed by atoms with van der Waals surface area (Å²) in [6, 6.07) is 16.3. The smallest absolute Gasteiger partial charge is 0.243 e. The number of sulfonamides is 1.